The summed E-state index contributed by atoms with van der Waals surface area (Å²) < 4.78 is 9.04. The predicted molar refractivity (Wildman–Crippen MR) is 148 cm³/mol. The lowest BCUT2D eigenvalue weighted by Crippen LogP contribution is -2.20. The summed E-state index contributed by atoms with van der Waals surface area (Å²) in [7, 11) is 0. The summed E-state index contributed by atoms with van der Waals surface area (Å²) in [6, 6.07) is 19.0. The van der Waals surface area contributed by atoms with E-state index in [0.717, 1.165) is 25.8 Å². The van der Waals surface area contributed by atoms with E-state index in [1.54, 1.807) is 30.5 Å². The van der Waals surface area contributed by atoms with Gasteiger partial charge in [0.2, 0.25) is 5.16 Å². The Morgan fingerprint density at radius 1 is 1.14 bits per heavy atom. The number of benzene rings is 3. The van der Waals surface area contributed by atoms with Crippen LogP contribution in [0.2, 0.25) is 5.02 Å². The van der Waals surface area contributed by atoms with Crippen molar-refractivity contribution in [3.05, 3.63) is 91.3 Å². The van der Waals surface area contributed by atoms with Gasteiger partial charge in [0.1, 0.15) is 12.4 Å². The van der Waals surface area contributed by atoms with Gasteiger partial charge in [-0.1, -0.05) is 53.2 Å². The van der Waals surface area contributed by atoms with Gasteiger partial charge in [-0.25, -0.2) is 5.43 Å². The minimum absolute atomic E-state index is 0.0878. The number of nitrogens with zero attached hydrogens (tertiary/aromatic N) is 5. The fourth-order valence-electron chi connectivity index (χ4n) is 2.99. The number of carbonyl (C=O) groups is 1. The van der Waals surface area contributed by atoms with Crippen LogP contribution in [0.5, 0.6) is 5.75 Å². The van der Waals surface area contributed by atoms with E-state index in [-0.39, 0.29) is 11.7 Å². The van der Waals surface area contributed by atoms with Gasteiger partial charge >= 0.3 is 0 Å². The molecule has 0 fully saturated rings. The lowest BCUT2D eigenvalue weighted by atomic mass is 10.2. The quantitative estimate of drug-likeness (QED) is 0.136. The molecule has 36 heavy (non-hydrogen) atoms. The Morgan fingerprint density at radius 3 is 2.53 bits per heavy atom. The highest BCUT2D eigenvalue weighted by Gasteiger charge is 2.12. The summed E-state index contributed by atoms with van der Waals surface area (Å²) >= 11 is 14.2. The van der Waals surface area contributed by atoms with Crippen LogP contribution in [0.15, 0.2) is 79.9 Å². The zero-order chi connectivity index (χ0) is 25.5. The Kier molecular flexibility index (Phi) is 9.13. The standard InChI is InChI=1S/C24H19Br2ClN6O2S/c1-15-2-4-16(5-3-15)13-35-23-20(25)10-17(11-21(23)26)12-28-29-22(34)14-36-24-30-31-32-33(24)19-8-6-18(27)7-9-19/h2-12H,13-14H2,1H3,(H,29,34)/b28-12+. The average Bonchev–Trinajstić information content (AvgIpc) is 3.32. The van der Waals surface area contributed by atoms with E-state index in [1.807, 2.05) is 31.2 Å². The van der Waals surface area contributed by atoms with Crippen LogP contribution in [0.3, 0.4) is 0 Å². The largest absolute Gasteiger partial charge is 0.487 e. The molecule has 0 atom stereocenters. The van der Waals surface area contributed by atoms with Gasteiger partial charge in [-0.3, -0.25) is 4.79 Å². The molecule has 12 heteroatoms. The van der Waals surface area contributed by atoms with Gasteiger partial charge in [0.15, 0.2) is 0 Å². The molecule has 0 saturated heterocycles. The van der Waals surface area contributed by atoms with E-state index in [1.165, 1.54) is 22.0 Å². The van der Waals surface area contributed by atoms with E-state index in [4.69, 9.17) is 16.3 Å². The summed E-state index contributed by atoms with van der Waals surface area (Å²) in [5.41, 5.74) is 6.31. The van der Waals surface area contributed by atoms with Crippen molar-refractivity contribution in [2.75, 3.05) is 5.75 Å². The SMILES string of the molecule is Cc1ccc(COc2c(Br)cc(/C=N/NC(=O)CSc3nnnn3-c3ccc(Cl)cc3)cc2Br)cc1. The minimum atomic E-state index is -0.293. The van der Waals surface area contributed by atoms with E-state index in [2.05, 4.69) is 70.0 Å². The summed E-state index contributed by atoms with van der Waals surface area (Å²) in [4.78, 5) is 12.3. The highest BCUT2D eigenvalue weighted by Crippen LogP contribution is 2.35. The first kappa shape index (κ1) is 26.3. The number of ether oxygens (including phenoxy) is 1. The zero-order valence-corrected chi connectivity index (χ0v) is 23.6. The number of tetrazole rings is 1. The topological polar surface area (TPSA) is 94.3 Å². The molecule has 4 rings (SSSR count). The normalized spacial score (nSPS) is 11.1. The minimum Gasteiger partial charge on any atom is -0.487 e. The van der Waals surface area contributed by atoms with Crippen molar-refractivity contribution >= 4 is 67.3 Å². The molecular weight excluding hydrogens is 632 g/mol. The number of aryl methyl sites for hydroxylation is 1. The maximum Gasteiger partial charge on any atom is 0.250 e. The number of hydrogen-bond acceptors (Lipinski definition) is 7. The highest BCUT2D eigenvalue weighted by molar-refractivity contribution is 9.11. The molecule has 0 radical (unpaired) electrons. The second kappa shape index (κ2) is 12.5. The number of carbonyl (C=O) groups excluding carboxylic acids is 1. The first-order valence-corrected chi connectivity index (χ1v) is 13.5. The number of amides is 1. The Bertz CT molecular complexity index is 1360. The van der Waals surface area contributed by atoms with E-state index < -0.39 is 0 Å². The molecule has 1 aromatic heterocycles. The Balaban J connectivity index is 1.30. The number of rotatable bonds is 9. The number of thioether (sulfide) groups is 1. The van der Waals surface area contributed by atoms with Crippen LogP contribution in [-0.4, -0.2) is 38.1 Å². The van der Waals surface area contributed by atoms with Crippen molar-refractivity contribution in [1.29, 1.82) is 0 Å². The fourth-order valence-corrected chi connectivity index (χ4v) is 5.25. The van der Waals surface area contributed by atoms with E-state index in [9.17, 15) is 4.79 Å². The second-order valence-corrected chi connectivity index (χ2v) is 10.6. The predicted octanol–water partition coefficient (Wildman–Crippen LogP) is 5.97. The number of halogens is 3. The number of nitrogens with one attached hydrogen (secondary N) is 1. The average molecular weight is 651 g/mol. The Morgan fingerprint density at radius 2 is 1.83 bits per heavy atom. The summed E-state index contributed by atoms with van der Waals surface area (Å²) in [5.74, 6) is 0.481. The summed E-state index contributed by atoms with van der Waals surface area (Å²) in [5, 5.41) is 16.8. The van der Waals surface area contributed by atoms with Crippen LogP contribution in [0.1, 0.15) is 16.7 Å². The molecule has 0 aliphatic carbocycles. The lowest BCUT2D eigenvalue weighted by Gasteiger charge is -2.11. The van der Waals surface area contributed by atoms with Gasteiger partial charge < -0.3 is 4.74 Å². The van der Waals surface area contributed by atoms with Crippen LogP contribution in [0.4, 0.5) is 0 Å². The molecule has 0 aliphatic heterocycles. The number of hydrogen-bond donors (Lipinski definition) is 1. The van der Waals surface area contributed by atoms with Gasteiger partial charge in [0.05, 0.1) is 26.6 Å². The molecule has 1 heterocycles. The fraction of sp³-hybridized carbons (Fsp3) is 0.125. The first-order valence-electron chi connectivity index (χ1n) is 10.6. The van der Waals surface area contributed by atoms with Crippen LogP contribution < -0.4 is 10.2 Å². The first-order chi connectivity index (χ1) is 17.4. The number of hydrazone groups is 1. The van der Waals surface area contributed by atoms with Crippen molar-refractivity contribution in [1.82, 2.24) is 25.6 Å². The van der Waals surface area contributed by atoms with Crippen molar-refractivity contribution < 1.29 is 9.53 Å². The van der Waals surface area contributed by atoms with Crippen molar-refractivity contribution in [2.45, 2.75) is 18.7 Å². The molecule has 1 amide bonds. The van der Waals surface area contributed by atoms with Crippen LogP contribution in [0, 0.1) is 6.92 Å². The lowest BCUT2D eigenvalue weighted by molar-refractivity contribution is -0.118. The monoisotopic (exact) mass is 648 g/mol. The molecule has 0 bridgehead atoms. The highest BCUT2D eigenvalue weighted by atomic mass is 79.9. The molecule has 3 aromatic carbocycles. The van der Waals surface area contributed by atoms with Gasteiger partial charge in [-0.05, 0) is 96.7 Å². The summed E-state index contributed by atoms with van der Waals surface area (Å²) in [6.45, 7) is 2.49. The van der Waals surface area contributed by atoms with Crippen LogP contribution >= 0.6 is 55.2 Å². The van der Waals surface area contributed by atoms with Crippen molar-refractivity contribution in [2.24, 2.45) is 5.10 Å². The third-order valence-corrected chi connectivity index (χ3v) is 7.12. The Labute approximate surface area is 233 Å². The summed E-state index contributed by atoms with van der Waals surface area (Å²) in [6.07, 6.45) is 1.56. The maximum absolute atomic E-state index is 12.3. The molecule has 0 aliphatic rings. The third kappa shape index (κ3) is 7.16. The molecule has 0 unspecified atom stereocenters. The third-order valence-electron chi connectivity index (χ3n) is 4.77. The zero-order valence-electron chi connectivity index (χ0n) is 18.9. The molecule has 4 aromatic rings. The maximum atomic E-state index is 12.3. The van der Waals surface area contributed by atoms with Crippen LogP contribution in [0.25, 0.3) is 5.69 Å². The van der Waals surface area contributed by atoms with Gasteiger partial charge in [-0.15, -0.1) is 5.10 Å². The van der Waals surface area contributed by atoms with E-state index in [0.29, 0.717) is 22.5 Å². The Hall–Kier alpha value is -2.73. The van der Waals surface area contributed by atoms with Crippen LogP contribution in [-0.2, 0) is 11.4 Å². The van der Waals surface area contributed by atoms with Gasteiger partial charge in [0, 0.05) is 5.02 Å². The molecule has 0 saturated carbocycles. The van der Waals surface area contributed by atoms with E-state index >= 15 is 0 Å². The smallest absolute Gasteiger partial charge is 0.250 e. The van der Waals surface area contributed by atoms with Crippen molar-refractivity contribution in [3.63, 3.8) is 0 Å². The molecule has 0 spiro atoms. The molecule has 184 valence electrons. The van der Waals surface area contributed by atoms with Crippen molar-refractivity contribution in [3.8, 4) is 11.4 Å². The molecule has 8 nitrogen and oxygen atoms in total. The molecular formula is C24H19Br2ClN6O2S. The second-order valence-electron chi connectivity index (χ2n) is 7.52. The van der Waals surface area contributed by atoms with Gasteiger partial charge in [-0.2, -0.15) is 9.78 Å². The number of aromatic nitrogens is 4. The molecule has 1 N–H and O–H groups in total. The van der Waals surface area contributed by atoms with Gasteiger partial charge in [0.25, 0.3) is 5.91 Å².